The number of halogens is 2. The molecule has 0 fully saturated rings. The first-order valence-corrected chi connectivity index (χ1v) is 11.1. The van der Waals surface area contributed by atoms with Gasteiger partial charge in [-0.1, -0.05) is 22.9 Å². The molecule has 0 aliphatic carbocycles. The van der Waals surface area contributed by atoms with E-state index in [0.717, 1.165) is 4.47 Å². The van der Waals surface area contributed by atoms with Crippen molar-refractivity contribution in [3.8, 4) is 0 Å². The van der Waals surface area contributed by atoms with Gasteiger partial charge in [-0.25, -0.2) is 16.8 Å². The highest BCUT2D eigenvalue weighted by Crippen LogP contribution is 2.25. The lowest BCUT2D eigenvalue weighted by Gasteiger charge is -2.11. The first-order valence-electron chi connectivity index (χ1n) is 6.49. The molecule has 0 bridgehead atoms. The molecule has 5 nitrogen and oxygen atoms in total. The number of hydrogen-bond donors (Lipinski definition) is 1. The average Bonchev–Trinajstić information content (AvgIpc) is 2.46. The highest BCUT2D eigenvalue weighted by Gasteiger charge is 2.18. The minimum Gasteiger partial charge on any atom is -0.280 e. The van der Waals surface area contributed by atoms with Gasteiger partial charge >= 0.3 is 0 Å². The monoisotopic (exact) mass is 437 g/mol. The Hall–Kier alpha value is -1.09. The van der Waals surface area contributed by atoms with Crippen LogP contribution < -0.4 is 4.72 Å². The summed E-state index contributed by atoms with van der Waals surface area (Å²) in [5, 5.41) is 0. The summed E-state index contributed by atoms with van der Waals surface area (Å²) in [5.41, 5.74) is 0.713. The number of benzene rings is 2. The van der Waals surface area contributed by atoms with Gasteiger partial charge in [0.15, 0.2) is 0 Å². The van der Waals surface area contributed by atoms with E-state index in [1.165, 1.54) is 30.3 Å². The molecule has 0 radical (unpaired) electrons. The normalized spacial score (nSPS) is 12.1. The van der Waals surface area contributed by atoms with E-state index < -0.39 is 19.1 Å². The van der Waals surface area contributed by atoms with Gasteiger partial charge in [0.05, 0.1) is 9.79 Å². The summed E-state index contributed by atoms with van der Waals surface area (Å²) in [4.78, 5) is 0.0843. The number of anilines is 1. The highest BCUT2D eigenvalue weighted by molar-refractivity contribution is 9.10. The number of rotatable bonds is 5. The summed E-state index contributed by atoms with van der Waals surface area (Å²) in [6, 6.07) is 10.3. The van der Waals surface area contributed by atoms with E-state index in [4.69, 9.17) is 10.7 Å². The zero-order valence-electron chi connectivity index (χ0n) is 12.0. The van der Waals surface area contributed by atoms with Crippen LogP contribution in [0.1, 0.15) is 12.5 Å². The number of hydrogen-bond acceptors (Lipinski definition) is 4. The van der Waals surface area contributed by atoms with E-state index >= 15 is 0 Å². The van der Waals surface area contributed by atoms with E-state index in [-0.39, 0.29) is 15.5 Å². The van der Waals surface area contributed by atoms with E-state index in [1.807, 2.05) is 0 Å². The van der Waals surface area contributed by atoms with E-state index in [9.17, 15) is 16.8 Å². The predicted octanol–water partition coefficient (Wildman–Crippen LogP) is 3.74. The van der Waals surface area contributed by atoms with Crippen molar-refractivity contribution in [2.75, 3.05) is 4.72 Å². The molecule has 0 heterocycles. The van der Waals surface area contributed by atoms with Gasteiger partial charge in [-0.05, 0) is 54.4 Å². The number of nitrogens with one attached hydrogen (secondary N) is 1. The van der Waals surface area contributed by atoms with Crippen molar-refractivity contribution in [3.63, 3.8) is 0 Å². The topological polar surface area (TPSA) is 80.3 Å². The summed E-state index contributed by atoms with van der Waals surface area (Å²) in [5.74, 6) is 0. The largest absolute Gasteiger partial charge is 0.280 e. The molecule has 0 amide bonds. The third-order valence-electron chi connectivity index (χ3n) is 3.08. The molecule has 2 aromatic carbocycles. The standard InChI is InChI=1S/C14H13BrClNO4S2/c1-2-10-9-12(5-8-14(10)22(16,18)19)17-23(20,21)13-6-3-11(15)4-7-13/h3-9,17H,2H2,1H3. The van der Waals surface area contributed by atoms with Gasteiger partial charge in [0.25, 0.3) is 19.1 Å². The smallest absolute Gasteiger partial charge is 0.261 e. The molecule has 9 heteroatoms. The summed E-state index contributed by atoms with van der Waals surface area (Å²) in [6.07, 6.45) is 0.398. The molecule has 2 rings (SSSR count). The fraction of sp³-hybridized carbons (Fsp3) is 0.143. The van der Waals surface area contributed by atoms with Crippen molar-refractivity contribution < 1.29 is 16.8 Å². The van der Waals surface area contributed by atoms with Crippen LogP contribution in [0.25, 0.3) is 0 Å². The lowest BCUT2D eigenvalue weighted by Crippen LogP contribution is -2.13. The molecule has 0 saturated carbocycles. The fourth-order valence-electron chi connectivity index (χ4n) is 1.98. The van der Waals surface area contributed by atoms with E-state index in [1.54, 1.807) is 19.1 Å². The van der Waals surface area contributed by atoms with Crippen molar-refractivity contribution in [1.29, 1.82) is 0 Å². The first kappa shape index (κ1) is 18.3. The second-order valence-electron chi connectivity index (χ2n) is 4.67. The van der Waals surface area contributed by atoms with Crippen molar-refractivity contribution in [2.45, 2.75) is 23.1 Å². The van der Waals surface area contributed by atoms with Crippen LogP contribution in [0.2, 0.25) is 0 Å². The summed E-state index contributed by atoms with van der Waals surface area (Å²) in [7, 11) is -2.26. The highest BCUT2D eigenvalue weighted by atomic mass is 79.9. The van der Waals surface area contributed by atoms with Crippen molar-refractivity contribution >= 4 is 51.4 Å². The van der Waals surface area contributed by atoms with Crippen molar-refractivity contribution in [3.05, 3.63) is 52.5 Å². The Morgan fingerprint density at radius 2 is 1.65 bits per heavy atom. The molecule has 0 aromatic heterocycles. The fourth-order valence-corrected chi connectivity index (χ4v) is 4.50. The van der Waals surface area contributed by atoms with Gasteiger partial charge in [-0.2, -0.15) is 0 Å². The maximum absolute atomic E-state index is 12.3. The first-order chi connectivity index (χ1) is 10.6. The summed E-state index contributed by atoms with van der Waals surface area (Å²) >= 11 is 3.24. The van der Waals surface area contributed by atoms with Crippen LogP contribution in [0.3, 0.4) is 0 Å². The van der Waals surface area contributed by atoms with Gasteiger partial charge in [0, 0.05) is 20.8 Å². The third-order valence-corrected chi connectivity index (χ3v) is 6.43. The van der Waals surface area contributed by atoms with Gasteiger partial charge in [-0.15, -0.1) is 0 Å². The Morgan fingerprint density at radius 1 is 1.04 bits per heavy atom. The van der Waals surface area contributed by atoms with Crippen LogP contribution >= 0.6 is 26.6 Å². The summed E-state index contributed by atoms with van der Waals surface area (Å²) in [6.45, 7) is 1.76. The minimum atomic E-state index is -3.87. The second-order valence-corrected chi connectivity index (χ2v) is 9.81. The Bertz CT molecular complexity index is 926. The average molecular weight is 439 g/mol. The molecule has 1 N–H and O–H groups in total. The number of aryl methyl sites for hydroxylation is 1. The van der Waals surface area contributed by atoms with Crippen LogP contribution in [0.4, 0.5) is 5.69 Å². The molecular formula is C14H13BrClNO4S2. The van der Waals surface area contributed by atoms with E-state index in [2.05, 4.69) is 20.7 Å². The zero-order valence-corrected chi connectivity index (χ0v) is 15.9. The molecular weight excluding hydrogens is 426 g/mol. The molecule has 23 heavy (non-hydrogen) atoms. The lowest BCUT2D eigenvalue weighted by atomic mass is 10.1. The minimum absolute atomic E-state index is 0.0201. The Balaban J connectivity index is 2.38. The Kier molecular flexibility index (Phi) is 5.40. The van der Waals surface area contributed by atoms with Gasteiger partial charge in [0.1, 0.15) is 0 Å². The molecule has 0 saturated heterocycles. The Labute approximate surface area is 148 Å². The van der Waals surface area contributed by atoms with Crippen LogP contribution in [0, 0.1) is 0 Å². The quantitative estimate of drug-likeness (QED) is 0.721. The van der Waals surface area contributed by atoms with Gasteiger partial charge < -0.3 is 0 Å². The number of sulfonamides is 1. The SMILES string of the molecule is CCc1cc(NS(=O)(=O)c2ccc(Br)cc2)ccc1S(=O)(=O)Cl. The molecule has 124 valence electrons. The molecule has 0 aliphatic rings. The van der Waals surface area contributed by atoms with Crippen LogP contribution in [-0.4, -0.2) is 16.8 Å². The van der Waals surface area contributed by atoms with Crippen molar-refractivity contribution in [2.24, 2.45) is 0 Å². The summed E-state index contributed by atoms with van der Waals surface area (Å²) < 4.78 is 50.8. The molecule has 0 aliphatic heterocycles. The van der Waals surface area contributed by atoms with Crippen molar-refractivity contribution in [1.82, 2.24) is 0 Å². The molecule has 0 atom stereocenters. The maximum Gasteiger partial charge on any atom is 0.261 e. The second kappa shape index (κ2) is 6.80. The molecule has 0 spiro atoms. The Morgan fingerprint density at radius 3 is 2.17 bits per heavy atom. The lowest BCUT2D eigenvalue weighted by molar-refractivity contribution is 0.601. The predicted molar refractivity (Wildman–Crippen MR) is 93.8 cm³/mol. The molecule has 2 aromatic rings. The van der Waals surface area contributed by atoms with Crippen LogP contribution in [0.15, 0.2) is 56.7 Å². The van der Waals surface area contributed by atoms with E-state index in [0.29, 0.717) is 12.0 Å². The zero-order chi connectivity index (χ0) is 17.3. The van der Waals surface area contributed by atoms with Gasteiger partial charge in [0.2, 0.25) is 0 Å². The van der Waals surface area contributed by atoms with Crippen LogP contribution in [0.5, 0.6) is 0 Å². The molecule has 0 unspecified atom stereocenters. The third kappa shape index (κ3) is 4.47. The maximum atomic E-state index is 12.3. The van der Waals surface area contributed by atoms with Crippen LogP contribution in [-0.2, 0) is 25.5 Å². The van der Waals surface area contributed by atoms with Gasteiger partial charge in [-0.3, -0.25) is 4.72 Å².